The quantitative estimate of drug-likeness (QED) is 0.513. The lowest BCUT2D eigenvalue weighted by atomic mass is 9.88. The van der Waals surface area contributed by atoms with Gasteiger partial charge in [0.2, 0.25) is 10.0 Å². The summed E-state index contributed by atoms with van der Waals surface area (Å²) < 4.78 is 54.1. The molecule has 0 atom stereocenters. The molecule has 1 saturated heterocycles. The molecule has 3 aromatic rings. The van der Waals surface area contributed by atoms with Gasteiger partial charge in [-0.1, -0.05) is 30.3 Å². The predicted molar refractivity (Wildman–Crippen MR) is 117 cm³/mol. The van der Waals surface area contributed by atoms with Crippen LogP contribution >= 0.6 is 0 Å². The number of aliphatic imine (C=N–C) groups is 1. The summed E-state index contributed by atoms with van der Waals surface area (Å²) in [5, 5.41) is 0. The molecule has 0 aromatic heterocycles. The first-order valence-electron chi connectivity index (χ1n) is 10.1. The highest BCUT2D eigenvalue weighted by molar-refractivity contribution is 7.89. The van der Waals surface area contributed by atoms with Crippen molar-refractivity contribution in [2.24, 2.45) is 10.9 Å². The summed E-state index contributed by atoms with van der Waals surface area (Å²) >= 11 is 0. The number of halogens is 2. The molecule has 160 valence electrons. The lowest BCUT2D eigenvalue weighted by Gasteiger charge is -2.32. The van der Waals surface area contributed by atoms with Crippen molar-refractivity contribution in [1.29, 1.82) is 0 Å². The van der Waals surface area contributed by atoms with Gasteiger partial charge in [-0.2, -0.15) is 4.31 Å². The van der Waals surface area contributed by atoms with Crippen LogP contribution in [0.2, 0.25) is 0 Å². The Morgan fingerprint density at radius 3 is 1.94 bits per heavy atom. The molecular weight excluding hydrogens is 418 g/mol. The van der Waals surface area contributed by atoms with Crippen molar-refractivity contribution in [2.75, 3.05) is 13.1 Å². The topological polar surface area (TPSA) is 49.7 Å². The summed E-state index contributed by atoms with van der Waals surface area (Å²) in [7, 11) is -3.54. The molecule has 0 N–H and O–H groups in total. The van der Waals surface area contributed by atoms with Crippen LogP contribution in [0.25, 0.3) is 0 Å². The molecule has 0 radical (unpaired) electrons. The Bertz CT molecular complexity index is 1150. The van der Waals surface area contributed by atoms with Crippen molar-refractivity contribution >= 4 is 21.4 Å². The first-order chi connectivity index (χ1) is 14.9. The van der Waals surface area contributed by atoms with Crippen molar-refractivity contribution in [1.82, 2.24) is 4.31 Å². The van der Waals surface area contributed by atoms with Gasteiger partial charge in [0.1, 0.15) is 11.6 Å². The van der Waals surface area contributed by atoms with Crippen LogP contribution in [0, 0.1) is 17.6 Å². The second-order valence-corrected chi connectivity index (χ2v) is 9.41. The molecule has 0 bridgehead atoms. The molecule has 0 unspecified atom stereocenters. The van der Waals surface area contributed by atoms with E-state index in [0.717, 1.165) is 11.3 Å². The van der Waals surface area contributed by atoms with Gasteiger partial charge in [-0.3, -0.25) is 4.99 Å². The Morgan fingerprint density at radius 2 is 1.35 bits per heavy atom. The van der Waals surface area contributed by atoms with Crippen molar-refractivity contribution in [3.8, 4) is 0 Å². The fourth-order valence-electron chi connectivity index (χ4n) is 3.78. The molecule has 4 nitrogen and oxygen atoms in total. The van der Waals surface area contributed by atoms with E-state index in [1.807, 2.05) is 0 Å². The van der Waals surface area contributed by atoms with E-state index >= 15 is 0 Å². The van der Waals surface area contributed by atoms with Gasteiger partial charge in [0.15, 0.2) is 0 Å². The van der Waals surface area contributed by atoms with E-state index in [2.05, 4.69) is 0 Å². The number of piperidine rings is 1. The Hall–Kier alpha value is -2.90. The smallest absolute Gasteiger partial charge is 0.243 e. The normalized spacial score (nSPS) is 16.4. The van der Waals surface area contributed by atoms with Crippen molar-refractivity contribution < 1.29 is 17.2 Å². The maximum absolute atomic E-state index is 13.5. The van der Waals surface area contributed by atoms with E-state index in [9.17, 15) is 17.2 Å². The largest absolute Gasteiger partial charge is 0.253 e. The van der Waals surface area contributed by atoms with Crippen LogP contribution in [0.5, 0.6) is 0 Å². The third-order valence-electron chi connectivity index (χ3n) is 5.44. The molecule has 0 amide bonds. The van der Waals surface area contributed by atoms with Gasteiger partial charge in [0.05, 0.1) is 16.3 Å². The Labute approximate surface area is 180 Å². The molecule has 0 aliphatic carbocycles. The molecule has 7 heteroatoms. The number of hydrogen-bond acceptors (Lipinski definition) is 3. The molecule has 1 aliphatic heterocycles. The van der Waals surface area contributed by atoms with Crippen molar-refractivity contribution in [2.45, 2.75) is 17.7 Å². The summed E-state index contributed by atoms with van der Waals surface area (Å²) in [5.41, 5.74) is 2.12. The number of rotatable bonds is 5. The Kier molecular flexibility index (Phi) is 6.25. The zero-order valence-electron chi connectivity index (χ0n) is 16.8. The summed E-state index contributed by atoms with van der Waals surface area (Å²) in [6.07, 6.45) is 1.17. The van der Waals surface area contributed by atoms with Gasteiger partial charge >= 0.3 is 0 Å². The van der Waals surface area contributed by atoms with E-state index < -0.39 is 10.0 Å². The van der Waals surface area contributed by atoms with Gasteiger partial charge < -0.3 is 0 Å². The summed E-state index contributed by atoms with van der Waals surface area (Å²) in [4.78, 5) is 5.01. The minimum Gasteiger partial charge on any atom is -0.253 e. The maximum Gasteiger partial charge on any atom is 0.243 e. The monoisotopic (exact) mass is 440 g/mol. The van der Waals surface area contributed by atoms with Crippen LogP contribution < -0.4 is 0 Å². The molecule has 3 aromatic carbocycles. The average Bonchev–Trinajstić information content (AvgIpc) is 2.80. The van der Waals surface area contributed by atoms with Gasteiger partial charge in [-0.25, -0.2) is 17.2 Å². The molecule has 0 saturated carbocycles. The Balaban J connectivity index is 1.59. The zero-order chi connectivity index (χ0) is 21.8. The number of nitrogens with zero attached hydrogens (tertiary/aromatic N) is 2. The van der Waals surface area contributed by atoms with Crippen LogP contribution in [0.3, 0.4) is 0 Å². The average molecular weight is 441 g/mol. The van der Waals surface area contributed by atoms with Crippen LogP contribution in [-0.4, -0.2) is 31.5 Å². The SMILES string of the molecule is O=S(=O)(c1ccccc1)N1CCC(/C(=N/c2ccc(F)cc2)c2ccc(F)cc2)CC1. The van der Waals surface area contributed by atoms with Gasteiger partial charge in [0.25, 0.3) is 0 Å². The molecule has 1 fully saturated rings. The van der Waals surface area contributed by atoms with Gasteiger partial charge in [0, 0.05) is 19.0 Å². The maximum atomic E-state index is 13.5. The fourth-order valence-corrected chi connectivity index (χ4v) is 5.27. The minimum atomic E-state index is -3.54. The van der Waals surface area contributed by atoms with E-state index in [0.29, 0.717) is 31.6 Å². The molecule has 0 spiro atoms. The van der Waals surface area contributed by atoms with E-state index in [-0.39, 0.29) is 22.4 Å². The molecule has 31 heavy (non-hydrogen) atoms. The van der Waals surface area contributed by atoms with E-state index in [4.69, 9.17) is 4.99 Å². The highest BCUT2D eigenvalue weighted by Gasteiger charge is 2.31. The third kappa shape index (κ3) is 4.89. The van der Waals surface area contributed by atoms with Crippen molar-refractivity contribution in [3.63, 3.8) is 0 Å². The summed E-state index contributed by atoms with van der Waals surface area (Å²) in [6, 6.07) is 20.4. The summed E-state index contributed by atoms with van der Waals surface area (Å²) in [6.45, 7) is 0.733. The second kappa shape index (κ2) is 9.08. The molecular formula is C24H22F2N2O2S. The predicted octanol–water partition coefficient (Wildman–Crippen LogP) is 5.19. The van der Waals surface area contributed by atoms with Crippen LogP contribution in [-0.2, 0) is 10.0 Å². The minimum absolute atomic E-state index is 0.00209. The van der Waals surface area contributed by atoms with Gasteiger partial charge in [-0.05, 0) is 66.9 Å². The molecule has 1 aliphatic rings. The van der Waals surface area contributed by atoms with Gasteiger partial charge in [-0.15, -0.1) is 0 Å². The number of benzene rings is 3. The molecule has 1 heterocycles. The number of hydrogen-bond donors (Lipinski definition) is 0. The van der Waals surface area contributed by atoms with E-state index in [1.165, 1.54) is 28.6 Å². The van der Waals surface area contributed by atoms with Crippen LogP contribution in [0.15, 0.2) is 88.8 Å². The lowest BCUT2D eigenvalue weighted by molar-refractivity contribution is 0.316. The highest BCUT2D eigenvalue weighted by Crippen LogP contribution is 2.28. The standard InChI is InChI=1S/C24H22F2N2O2S/c25-20-8-6-18(7-9-20)24(27-22-12-10-21(26)11-13-22)19-14-16-28(17-15-19)31(29,30)23-4-2-1-3-5-23/h1-13,19H,14-17H2/b27-24+. The third-order valence-corrected chi connectivity index (χ3v) is 7.35. The zero-order valence-corrected chi connectivity index (χ0v) is 17.6. The first-order valence-corrected chi connectivity index (χ1v) is 11.5. The molecule has 4 rings (SSSR count). The second-order valence-electron chi connectivity index (χ2n) is 7.47. The van der Waals surface area contributed by atoms with Crippen LogP contribution in [0.1, 0.15) is 18.4 Å². The van der Waals surface area contributed by atoms with Crippen LogP contribution in [0.4, 0.5) is 14.5 Å². The lowest BCUT2D eigenvalue weighted by Crippen LogP contribution is -2.40. The fraction of sp³-hybridized carbons (Fsp3) is 0.208. The highest BCUT2D eigenvalue weighted by atomic mass is 32.2. The van der Waals surface area contributed by atoms with Crippen molar-refractivity contribution in [3.05, 3.63) is 96.1 Å². The number of sulfonamides is 1. The van der Waals surface area contributed by atoms with E-state index in [1.54, 1.807) is 54.6 Å². The summed E-state index contributed by atoms with van der Waals surface area (Å²) in [5.74, 6) is -0.687. The Morgan fingerprint density at radius 1 is 0.806 bits per heavy atom. The first kappa shape index (κ1) is 21.3.